The van der Waals surface area contributed by atoms with Crippen molar-refractivity contribution in [2.75, 3.05) is 0 Å². The van der Waals surface area contributed by atoms with E-state index in [2.05, 4.69) is 113 Å². The number of fused-ring (bicyclic) bond motifs is 4. The summed E-state index contributed by atoms with van der Waals surface area (Å²) in [4.78, 5) is 5.82. The van der Waals surface area contributed by atoms with Gasteiger partial charge in [0.1, 0.15) is 0 Å². The van der Waals surface area contributed by atoms with Crippen LogP contribution in [0.2, 0.25) is 0 Å². The molecule has 0 atom stereocenters. The molecule has 6 aromatic carbocycles. The van der Waals surface area contributed by atoms with Crippen molar-refractivity contribution in [3.8, 4) is 11.5 Å². The second kappa shape index (κ2) is 17.8. The summed E-state index contributed by atoms with van der Waals surface area (Å²) in [5.41, 5.74) is 11.1. The quantitative estimate of drug-likeness (QED) is 0.168. The number of hydrogen-bond donors (Lipinski definition) is 1. The first kappa shape index (κ1) is 39.3. The average molecular weight is 866 g/mol. The summed E-state index contributed by atoms with van der Waals surface area (Å²) < 4.78 is 21.0. The summed E-state index contributed by atoms with van der Waals surface area (Å²) >= 11 is -0.428. The maximum absolute atomic E-state index is 10.1. The SMILES string of the molecule is CC(C)c1cccc2c1Sc1ccccc1C2.CC(C)c1cccc2c1Sc1ccccc1C2.Cc1ccc([O][Sb]([OH])(=[S])[O]c2ccc(C)cc2)cc1. The van der Waals surface area contributed by atoms with Gasteiger partial charge >= 0.3 is 122 Å². The Labute approximate surface area is 333 Å². The van der Waals surface area contributed by atoms with Gasteiger partial charge in [-0.25, -0.2) is 0 Å². The van der Waals surface area contributed by atoms with Gasteiger partial charge < -0.3 is 0 Å². The van der Waals surface area contributed by atoms with Gasteiger partial charge in [-0.15, -0.1) is 0 Å². The first-order chi connectivity index (χ1) is 25.5. The molecule has 2 heterocycles. The van der Waals surface area contributed by atoms with Gasteiger partial charge in [0.25, 0.3) is 0 Å². The van der Waals surface area contributed by atoms with Crippen LogP contribution in [0.1, 0.15) is 84.0 Å². The summed E-state index contributed by atoms with van der Waals surface area (Å²) in [5, 5.41) is 0. The Morgan fingerprint density at radius 3 is 1.25 bits per heavy atom. The minimum absolute atomic E-state index is 0.543. The van der Waals surface area contributed by atoms with E-state index in [1.165, 1.54) is 53.0 Å². The van der Waals surface area contributed by atoms with Gasteiger partial charge in [0.15, 0.2) is 0 Å². The monoisotopic (exact) mass is 864 g/mol. The molecule has 0 fully saturated rings. The van der Waals surface area contributed by atoms with Crippen molar-refractivity contribution in [1.29, 1.82) is 0 Å². The molecule has 1 N–H and O–H groups in total. The fourth-order valence-electron chi connectivity index (χ4n) is 6.26. The van der Waals surface area contributed by atoms with Crippen LogP contribution >= 0.6 is 32.7 Å². The molecule has 2 aliphatic rings. The van der Waals surface area contributed by atoms with Gasteiger partial charge in [-0.1, -0.05) is 124 Å². The number of rotatable bonds is 6. The van der Waals surface area contributed by atoms with Crippen molar-refractivity contribution in [2.45, 2.75) is 85.8 Å². The van der Waals surface area contributed by atoms with Crippen LogP contribution in [-0.2, 0) is 12.8 Å². The van der Waals surface area contributed by atoms with Gasteiger partial charge in [-0.2, -0.15) is 0 Å². The van der Waals surface area contributed by atoms with Gasteiger partial charge in [-0.05, 0) is 70.2 Å². The number of aryl methyl sites for hydroxylation is 2. The van der Waals surface area contributed by atoms with Crippen LogP contribution in [0, 0.1) is 13.8 Å². The van der Waals surface area contributed by atoms with Crippen molar-refractivity contribution in [3.63, 3.8) is 0 Å². The molecule has 0 radical (unpaired) electrons. The van der Waals surface area contributed by atoms with Crippen LogP contribution in [0.5, 0.6) is 11.5 Å². The summed E-state index contributed by atoms with van der Waals surface area (Å²) in [6.45, 7) is 13.1. The standard InChI is InChI=1S/2C16H16S.2C7H8O.H2O.S.Sb/c2*1-11(2)14-8-5-7-13-10-12-6-3-4-9-15(12)17-16(13)14;2*1-6-2-4-7(8)5-3-6;;;/h2*3-9,11H,10H2,1-2H3;2*2-5,8H,1H3;1H2;;/q;;;;;;+3/p-3. The van der Waals surface area contributed by atoms with Crippen LogP contribution < -0.4 is 6.03 Å². The van der Waals surface area contributed by atoms with E-state index < -0.39 is 18.1 Å². The van der Waals surface area contributed by atoms with Gasteiger partial charge in [-0.3, -0.25) is 0 Å². The Morgan fingerprint density at radius 1 is 0.509 bits per heavy atom. The molecule has 0 saturated heterocycles. The van der Waals surface area contributed by atoms with Crippen molar-refractivity contribution in [2.24, 2.45) is 0 Å². The molecule has 53 heavy (non-hydrogen) atoms. The number of benzene rings is 6. The van der Waals surface area contributed by atoms with Crippen molar-refractivity contribution < 1.29 is 9.42 Å². The van der Waals surface area contributed by atoms with E-state index in [1.807, 2.05) is 61.6 Å². The van der Waals surface area contributed by atoms with E-state index in [9.17, 15) is 3.39 Å². The Hall–Kier alpha value is -3.38. The Kier molecular flexibility index (Phi) is 13.2. The Morgan fingerprint density at radius 2 is 0.868 bits per heavy atom. The van der Waals surface area contributed by atoms with Crippen LogP contribution in [0.15, 0.2) is 153 Å². The van der Waals surface area contributed by atoms with E-state index in [-0.39, 0.29) is 0 Å². The van der Waals surface area contributed by atoms with E-state index in [1.54, 1.807) is 24.3 Å². The van der Waals surface area contributed by atoms with Gasteiger partial charge in [0.05, 0.1) is 0 Å². The van der Waals surface area contributed by atoms with Crippen molar-refractivity contribution in [1.82, 2.24) is 0 Å². The molecule has 0 unspecified atom stereocenters. The summed E-state index contributed by atoms with van der Waals surface area (Å²) in [5.74, 6) is 2.29. The normalized spacial score (nSPS) is 12.5. The minimum atomic E-state index is -4.30. The molecule has 8 rings (SSSR count). The molecule has 6 aromatic rings. The molecule has 7 heteroatoms. The fraction of sp³-hybridized carbons (Fsp3) is 0.217. The molecule has 0 aromatic heterocycles. The second-order valence-electron chi connectivity index (χ2n) is 14.0. The van der Waals surface area contributed by atoms with Gasteiger partial charge in [0.2, 0.25) is 0 Å². The topological polar surface area (TPSA) is 38.7 Å². The molecule has 272 valence electrons. The van der Waals surface area contributed by atoms with Crippen molar-refractivity contribution in [3.05, 3.63) is 178 Å². The molecule has 0 bridgehead atoms. The zero-order chi connectivity index (χ0) is 37.5. The maximum atomic E-state index is 10.1. The molecule has 0 aliphatic carbocycles. The summed E-state index contributed by atoms with van der Waals surface area (Å²) in [6, 6.07) is 45.7. The summed E-state index contributed by atoms with van der Waals surface area (Å²) in [6.07, 6.45) is 2.16. The predicted octanol–water partition coefficient (Wildman–Crippen LogP) is 13.1. The fourth-order valence-corrected chi connectivity index (χ4v) is 12.4. The van der Waals surface area contributed by atoms with Crippen LogP contribution in [0.3, 0.4) is 0 Å². The van der Waals surface area contributed by atoms with Crippen LogP contribution in [0.4, 0.5) is 0 Å². The van der Waals surface area contributed by atoms with Gasteiger partial charge in [0, 0.05) is 19.6 Å². The van der Waals surface area contributed by atoms with Crippen molar-refractivity contribution >= 4 is 50.8 Å². The Bertz CT molecular complexity index is 2060. The zero-order valence-electron chi connectivity index (χ0n) is 31.2. The summed E-state index contributed by atoms with van der Waals surface area (Å²) in [7, 11) is 5.08. The molecule has 3 nitrogen and oxygen atoms in total. The molecule has 0 spiro atoms. The predicted molar refractivity (Wildman–Crippen MR) is 227 cm³/mol. The first-order valence-corrected chi connectivity index (χ1v) is 26.4. The number of hydrogen-bond acceptors (Lipinski definition) is 5. The molecule has 2 aliphatic heterocycles. The van der Waals surface area contributed by atoms with E-state index in [4.69, 9.17) is 15.2 Å². The molecule has 0 saturated carbocycles. The van der Waals surface area contributed by atoms with E-state index >= 15 is 0 Å². The zero-order valence-corrected chi connectivity index (χ0v) is 36.2. The molecule has 0 amide bonds. The third-order valence-electron chi connectivity index (χ3n) is 9.11. The first-order valence-electron chi connectivity index (χ1n) is 18.1. The average Bonchev–Trinajstić information content (AvgIpc) is 3.14. The van der Waals surface area contributed by atoms with Crippen LogP contribution in [0.25, 0.3) is 0 Å². The van der Waals surface area contributed by atoms with E-state index in [0.29, 0.717) is 23.3 Å². The third-order valence-corrected chi connectivity index (χ3v) is 15.3. The molecular formula is C46H47O3S3Sb. The third kappa shape index (κ3) is 10.4. The molecular weight excluding hydrogens is 818 g/mol. The van der Waals surface area contributed by atoms with Crippen LogP contribution in [-0.4, -0.2) is 21.5 Å². The Balaban J connectivity index is 0.000000136. The van der Waals surface area contributed by atoms with E-state index in [0.717, 1.165) is 24.0 Å². The second-order valence-corrected chi connectivity index (χ2v) is 22.9.